The number of nitriles is 1. The molecule has 204 valence electrons. The van der Waals surface area contributed by atoms with Gasteiger partial charge in [0.1, 0.15) is 24.5 Å². The molecule has 2 aromatic rings. The summed E-state index contributed by atoms with van der Waals surface area (Å²) in [5, 5.41) is 21.6. The van der Waals surface area contributed by atoms with Gasteiger partial charge >= 0.3 is 19.4 Å². The minimum absolute atomic E-state index is 0.0202. The fourth-order valence-corrected chi connectivity index (χ4v) is 5.54. The number of carbonyl (C=O) groups is 1. The Morgan fingerprint density at radius 3 is 2.55 bits per heavy atom. The number of para-hydroxylation sites is 1. The van der Waals surface area contributed by atoms with Crippen molar-refractivity contribution in [3.05, 3.63) is 63.4 Å². The summed E-state index contributed by atoms with van der Waals surface area (Å²) in [7, 11) is -4.60. The van der Waals surface area contributed by atoms with Gasteiger partial charge in [-0.3, -0.25) is 28.4 Å². The maximum atomic E-state index is 16.5. The van der Waals surface area contributed by atoms with Gasteiger partial charge in [0.25, 0.3) is 17.1 Å². The molecule has 2 aliphatic rings. The molecule has 0 bridgehead atoms. The topological polar surface area (TPSA) is 191 Å². The lowest BCUT2D eigenvalue weighted by Crippen LogP contribution is -2.51. The van der Waals surface area contributed by atoms with Gasteiger partial charge in [0.05, 0.1) is 0 Å². The van der Waals surface area contributed by atoms with Crippen LogP contribution in [0, 0.1) is 11.3 Å². The van der Waals surface area contributed by atoms with Crippen LogP contribution in [0.1, 0.15) is 20.8 Å². The average molecular weight is 554 g/mol. The molecule has 1 unspecified atom stereocenters. The van der Waals surface area contributed by atoms with Crippen LogP contribution in [0.15, 0.2) is 52.2 Å². The molecule has 14 nitrogen and oxygen atoms in total. The Morgan fingerprint density at radius 1 is 1.29 bits per heavy atom. The van der Waals surface area contributed by atoms with Gasteiger partial charge in [-0.1, -0.05) is 18.2 Å². The second-order valence-corrected chi connectivity index (χ2v) is 10.7. The van der Waals surface area contributed by atoms with Crippen LogP contribution < -0.4 is 20.9 Å². The van der Waals surface area contributed by atoms with E-state index in [2.05, 4.69) is 5.09 Å². The van der Waals surface area contributed by atoms with Gasteiger partial charge < -0.3 is 19.1 Å². The maximum Gasteiger partial charge on any atom is 0.459 e. The van der Waals surface area contributed by atoms with Gasteiger partial charge in [0.15, 0.2) is 18.0 Å². The number of fused-ring (bicyclic) bond motifs is 1. The van der Waals surface area contributed by atoms with Crippen LogP contribution in [0.5, 0.6) is 5.75 Å². The van der Waals surface area contributed by atoms with E-state index in [-0.39, 0.29) is 5.75 Å². The van der Waals surface area contributed by atoms with Crippen molar-refractivity contribution in [1.82, 2.24) is 14.6 Å². The van der Waals surface area contributed by atoms with Crippen LogP contribution in [-0.4, -0.2) is 57.1 Å². The molecule has 1 aromatic carbocycles. The Hall–Kier alpha value is -3.38. The summed E-state index contributed by atoms with van der Waals surface area (Å²) in [6.45, 7) is 2.83. The predicted molar refractivity (Wildman–Crippen MR) is 125 cm³/mol. The highest BCUT2D eigenvalue weighted by Gasteiger charge is 2.72. The molecule has 2 aliphatic heterocycles. The molecule has 4 rings (SSSR count). The van der Waals surface area contributed by atoms with Crippen LogP contribution in [0.2, 0.25) is 0 Å². The van der Waals surface area contributed by atoms with E-state index < -0.39 is 67.2 Å². The lowest BCUT2D eigenvalue weighted by molar-refractivity contribution is -0.281. The van der Waals surface area contributed by atoms with Crippen molar-refractivity contribution >= 4 is 13.7 Å². The highest BCUT2D eigenvalue weighted by molar-refractivity contribution is 7.52. The van der Waals surface area contributed by atoms with Crippen molar-refractivity contribution in [2.45, 2.75) is 56.4 Å². The average Bonchev–Trinajstić information content (AvgIpc) is 3.29. The molecule has 0 saturated carbocycles. The molecule has 3 N–H and O–H groups in total. The zero-order chi connectivity index (χ0) is 27.9. The Kier molecular flexibility index (Phi) is 7.08. The summed E-state index contributed by atoms with van der Waals surface area (Å²) >= 11 is 0. The van der Waals surface area contributed by atoms with E-state index in [9.17, 15) is 29.3 Å². The third-order valence-corrected chi connectivity index (χ3v) is 7.32. The summed E-state index contributed by atoms with van der Waals surface area (Å²) in [6.07, 6.45) is -2.32. The Morgan fingerprint density at radius 2 is 1.95 bits per heavy atom. The molecular formula is C22H24FN4O10P. The first kappa shape index (κ1) is 27.6. The fourth-order valence-electron chi connectivity index (χ4n) is 4.03. The number of alkyl halides is 1. The van der Waals surface area contributed by atoms with E-state index in [0.29, 0.717) is 4.57 Å². The van der Waals surface area contributed by atoms with Crippen LogP contribution in [0.3, 0.4) is 0 Å². The number of aromatic amines is 1. The van der Waals surface area contributed by atoms with E-state index in [4.69, 9.17) is 23.3 Å². The zero-order valence-electron chi connectivity index (χ0n) is 20.3. The Labute approximate surface area is 214 Å². The minimum atomic E-state index is -4.60. The Bertz CT molecular complexity index is 1430. The first-order chi connectivity index (χ1) is 17.7. The van der Waals surface area contributed by atoms with Gasteiger partial charge in [-0.05, 0) is 32.9 Å². The number of benzene rings is 1. The molecule has 3 heterocycles. The number of rotatable bonds is 9. The highest BCUT2D eigenvalue weighted by atomic mass is 31.2. The summed E-state index contributed by atoms with van der Waals surface area (Å²) in [4.78, 5) is 37.5. The summed E-state index contributed by atoms with van der Waals surface area (Å²) in [6, 6.07) is 8.78. The van der Waals surface area contributed by atoms with Crippen LogP contribution >= 0.6 is 7.75 Å². The third-order valence-electron chi connectivity index (χ3n) is 5.70. The smallest absolute Gasteiger partial charge is 0.459 e. The molecule has 0 radical (unpaired) electrons. The molecular weight excluding hydrogens is 530 g/mol. The molecule has 1 aromatic heterocycles. The second-order valence-electron chi connectivity index (χ2n) is 9.02. The van der Waals surface area contributed by atoms with Crippen LogP contribution in [0.4, 0.5) is 4.39 Å². The van der Waals surface area contributed by atoms with E-state index in [1.54, 1.807) is 24.3 Å². The van der Waals surface area contributed by atoms with Crippen molar-refractivity contribution in [3.8, 4) is 11.8 Å². The van der Waals surface area contributed by atoms with Gasteiger partial charge in [-0.15, -0.1) is 0 Å². The number of nitrogens with zero attached hydrogens (tertiary/aromatic N) is 2. The number of H-pyrrole nitrogens is 1. The SMILES string of the molecule is CC(N[P@](=O)(OC[C@@]1(F)O[C@@](C#N)(n2ccc(=O)[nH]c2=O)[C@@H]2OC(C)(C)O[C@@H]21)Oc1ccccc1)C(=O)O. The number of nitrogens with one attached hydrogen (secondary N) is 2. The van der Waals surface area contributed by atoms with Crippen LogP contribution in [0.25, 0.3) is 0 Å². The largest absolute Gasteiger partial charge is 0.480 e. The number of carboxylic acid groups (broad SMARTS) is 1. The quantitative estimate of drug-likeness (QED) is 0.376. The highest BCUT2D eigenvalue weighted by Crippen LogP contribution is 2.54. The standard InChI is InChI=1S/C22H24FN4O10P/c1-13(18(29)30)26-38(32,36-14-7-5-4-6-8-14)33-12-21(23)16-17(35-20(2,3)34-16)22(11-24,37-21)27-10-9-15(28)25-19(27)31/h4-10,13,16-17H,12H2,1-3H3,(H,26,32)(H,29,30)(H,25,28,31)/t13?,16-,17+,21+,22+,38-/m0/s1. The molecule has 0 amide bonds. The van der Waals surface area contributed by atoms with E-state index in [0.717, 1.165) is 12.3 Å². The zero-order valence-corrected chi connectivity index (χ0v) is 21.2. The summed E-state index contributed by atoms with van der Waals surface area (Å²) in [5.41, 5.74) is -4.35. The first-order valence-electron chi connectivity index (χ1n) is 11.2. The molecule has 0 spiro atoms. The normalized spacial score (nSPS) is 30.1. The van der Waals surface area contributed by atoms with Crippen molar-refractivity contribution in [2.75, 3.05) is 6.61 Å². The van der Waals surface area contributed by atoms with Gasteiger partial charge in [-0.25, -0.2) is 13.8 Å². The van der Waals surface area contributed by atoms with Crippen molar-refractivity contribution < 1.29 is 42.1 Å². The third kappa shape index (κ3) is 5.14. The van der Waals surface area contributed by atoms with Gasteiger partial charge in [-0.2, -0.15) is 10.3 Å². The minimum Gasteiger partial charge on any atom is -0.480 e. The number of ether oxygens (including phenoxy) is 3. The number of carboxylic acids is 1. The van der Waals surface area contributed by atoms with E-state index in [1.807, 2.05) is 4.98 Å². The van der Waals surface area contributed by atoms with Crippen LogP contribution in [-0.2, 0) is 33.8 Å². The van der Waals surface area contributed by atoms with E-state index >= 15 is 4.39 Å². The lowest BCUT2D eigenvalue weighted by atomic mass is 10.0. The molecule has 6 atom stereocenters. The lowest BCUT2D eigenvalue weighted by Gasteiger charge is -2.32. The number of aromatic nitrogens is 2. The number of hydrogen-bond acceptors (Lipinski definition) is 10. The predicted octanol–water partition coefficient (Wildman–Crippen LogP) is 1.20. The first-order valence-corrected chi connectivity index (χ1v) is 12.8. The van der Waals surface area contributed by atoms with Crippen molar-refractivity contribution in [1.29, 1.82) is 5.26 Å². The van der Waals surface area contributed by atoms with Gasteiger partial charge in [0.2, 0.25) is 0 Å². The summed E-state index contributed by atoms with van der Waals surface area (Å²) < 4.78 is 58.3. The van der Waals surface area contributed by atoms with Gasteiger partial charge in [0, 0.05) is 12.3 Å². The maximum absolute atomic E-state index is 16.5. The van der Waals surface area contributed by atoms with Crippen molar-refractivity contribution in [3.63, 3.8) is 0 Å². The fraction of sp³-hybridized carbons (Fsp3) is 0.455. The monoisotopic (exact) mass is 554 g/mol. The molecule has 16 heteroatoms. The molecule has 0 aliphatic carbocycles. The summed E-state index contributed by atoms with van der Waals surface area (Å²) in [5.74, 6) is -5.90. The number of aliphatic carboxylic acids is 1. The number of halogens is 1. The number of hydrogen-bond donors (Lipinski definition) is 3. The molecule has 38 heavy (non-hydrogen) atoms. The molecule has 2 saturated heterocycles. The molecule has 2 fully saturated rings. The van der Waals surface area contributed by atoms with E-state index in [1.165, 1.54) is 32.9 Å². The Balaban J connectivity index is 1.70. The second kappa shape index (κ2) is 9.73. The van der Waals surface area contributed by atoms with Crippen molar-refractivity contribution in [2.24, 2.45) is 0 Å².